The molecular weight excluding hydrogens is 342 g/mol. The molecule has 0 saturated heterocycles. The van der Waals surface area contributed by atoms with Crippen molar-refractivity contribution in [2.45, 2.75) is 19.9 Å². The van der Waals surface area contributed by atoms with Crippen LogP contribution in [0.3, 0.4) is 0 Å². The van der Waals surface area contributed by atoms with E-state index in [1.54, 1.807) is 0 Å². The summed E-state index contributed by atoms with van der Waals surface area (Å²) in [5, 5.41) is 3.25. The van der Waals surface area contributed by atoms with Gasteiger partial charge in [-0.05, 0) is 43.7 Å². The molecule has 1 N–H and O–H groups in total. The highest BCUT2D eigenvalue weighted by Crippen LogP contribution is 2.40. The third kappa shape index (κ3) is 2.83. The highest BCUT2D eigenvalue weighted by molar-refractivity contribution is 5.94. The summed E-state index contributed by atoms with van der Waals surface area (Å²) in [5.41, 5.74) is 4.04. The maximum atomic E-state index is 12.7. The van der Waals surface area contributed by atoms with Crippen LogP contribution < -0.4 is 10.1 Å². The number of aromatic nitrogens is 2. The van der Waals surface area contributed by atoms with Gasteiger partial charge in [0.15, 0.2) is 0 Å². The van der Waals surface area contributed by atoms with Crippen LogP contribution in [0.4, 0.5) is 5.95 Å². The molecule has 2 heterocycles. The van der Waals surface area contributed by atoms with Crippen molar-refractivity contribution in [3.63, 3.8) is 0 Å². The molecule has 0 amide bonds. The summed E-state index contributed by atoms with van der Waals surface area (Å²) < 4.78 is 12.8. The normalized spacial score (nSPS) is 16.0. The molecule has 0 aliphatic carbocycles. The van der Waals surface area contributed by atoms with Gasteiger partial charge in [0, 0.05) is 5.70 Å². The van der Waals surface area contributed by atoms with E-state index >= 15 is 0 Å². The SMILES string of the molecule is CCOc1cccc([C@@H]2C(C(=O)OC)=C(C)Nc3nc4ccccc4n32)c1. The molecule has 0 fully saturated rings. The first-order valence-corrected chi connectivity index (χ1v) is 8.90. The molecule has 0 bridgehead atoms. The molecule has 3 aromatic rings. The Morgan fingerprint density at radius 2 is 2.04 bits per heavy atom. The molecule has 1 atom stereocenters. The number of allylic oxidation sites excluding steroid dienone is 1. The van der Waals surface area contributed by atoms with Crippen LogP contribution in [0, 0.1) is 0 Å². The zero-order valence-electron chi connectivity index (χ0n) is 15.5. The number of methoxy groups -OCH3 is 1. The Balaban J connectivity index is 1.97. The molecule has 0 radical (unpaired) electrons. The summed E-state index contributed by atoms with van der Waals surface area (Å²) in [6.07, 6.45) is 0. The van der Waals surface area contributed by atoms with Crippen LogP contribution in [0.25, 0.3) is 11.0 Å². The predicted molar refractivity (Wildman–Crippen MR) is 104 cm³/mol. The van der Waals surface area contributed by atoms with E-state index in [2.05, 4.69) is 5.32 Å². The Bertz CT molecular complexity index is 1050. The number of carbonyl (C=O) groups is 1. The first-order chi connectivity index (χ1) is 13.1. The van der Waals surface area contributed by atoms with Gasteiger partial charge in [0.25, 0.3) is 0 Å². The first-order valence-electron chi connectivity index (χ1n) is 8.90. The molecule has 1 aliphatic rings. The number of carbonyl (C=O) groups excluding carboxylic acids is 1. The minimum atomic E-state index is -0.366. The smallest absolute Gasteiger partial charge is 0.337 e. The second-order valence-electron chi connectivity index (χ2n) is 6.36. The maximum Gasteiger partial charge on any atom is 0.337 e. The lowest BCUT2D eigenvalue weighted by Gasteiger charge is -2.30. The predicted octanol–water partition coefficient (Wildman–Crippen LogP) is 3.90. The average molecular weight is 363 g/mol. The number of nitrogens with zero attached hydrogens (tertiary/aromatic N) is 2. The Morgan fingerprint density at radius 1 is 1.22 bits per heavy atom. The third-order valence-electron chi connectivity index (χ3n) is 4.72. The van der Waals surface area contributed by atoms with Crippen LogP contribution in [-0.2, 0) is 9.53 Å². The van der Waals surface area contributed by atoms with Crippen LogP contribution >= 0.6 is 0 Å². The lowest BCUT2D eigenvalue weighted by atomic mass is 9.95. The zero-order chi connectivity index (χ0) is 19.0. The average Bonchev–Trinajstić information content (AvgIpc) is 3.04. The monoisotopic (exact) mass is 363 g/mol. The minimum Gasteiger partial charge on any atom is -0.494 e. The van der Waals surface area contributed by atoms with Crippen molar-refractivity contribution in [3.8, 4) is 5.75 Å². The fraction of sp³-hybridized carbons (Fsp3) is 0.238. The highest BCUT2D eigenvalue weighted by atomic mass is 16.5. The topological polar surface area (TPSA) is 65.4 Å². The number of ether oxygens (including phenoxy) is 2. The number of rotatable bonds is 4. The second-order valence-corrected chi connectivity index (χ2v) is 6.36. The van der Waals surface area contributed by atoms with Gasteiger partial charge in [-0.1, -0.05) is 24.3 Å². The number of hydrogen-bond acceptors (Lipinski definition) is 5. The molecule has 6 heteroatoms. The Labute approximate surface area is 157 Å². The number of nitrogens with one attached hydrogen (secondary N) is 1. The van der Waals surface area contributed by atoms with Crippen molar-refractivity contribution in [2.24, 2.45) is 0 Å². The quantitative estimate of drug-likeness (QED) is 0.712. The number of imidazole rings is 1. The third-order valence-corrected chi connectivity index (χ3v) is 4.72. The summed E-state index contributed by atoms with van der Waals surface area (Å²) >= 11 is 0. The Kier molecular flexibility index (Phi) is 4.32. The van der Waals surface area contributed by atoms with E-state index in [1.165, 1.54) is 7.11 Å². The second kappa shape index (κ2) is 6.79. The lowest BCUT2D eigenvalue weighted by molar-refractivity contribution is -0.136. The van der Waals surface area contributed by atoms with Gasteiger partial charge < -0.3 is 14.8 Å². The van der Waals surface area contributed by atoms with E-state index in [1.807, 2.05) is 66.9 Å². The van der Waals surface area contributed by atoms with Crippen LogP contribution in [0.2, 0.25) is 0 Å². The molecule has 2 aromatic carbocycles. The fourth-order valence-corrected chi connectivity index (χ4v) is 3.59. The van der Waals surface area contributed by atoms with Crippen molar-refractivity contribution >= 4 is 23.0 Å². The van der Waals surface area contributed by atoms with E-state index in [0.717, 1.165) is 28.0 Å². The van der Waals surface area contributed by atoms with Crippen molar-refractivity contribution in [1.29, 1.82) is 0 Å². The molecule has 6 nitrogen and oxygen atoms in total. The summed E-state index contributed by atoms with van der Waals surface area (Å²) in [7, 11) is 1.40. The van der Waals surface area contributed by atoms with Gasteiger partial charge >= 0.3 is 5.97 Å². The number of esters is 1. The molecule has 1 aliphatic heterocycles. The Morgan fingerprint density at radius 3 is 2.81 bits per heavy atom. The van der Waals surface area contributed by atoms with Gasteiger partial charge in [0.05, 0.1) is 36.4 Å². The molecule has 138 valence electrons. The van der Waals surface area contributed by atoms with Crippen molar-refractivity contribution in [3.05, 3.63) is 65.4 Å². The van der Waals surface area contributed by atoms with Crippen LogP contribution in [0.15, 0.2) is 59.8 Å². The standard InChI is InChI=1S/C21H21N3O3/c1-4-27-15-9-7-8-14(12-15)19-18(20(25)26-3)13(2)22-21-23-16-10-5-6-11-17(16)24(19)21/h5-12,19H,4H2,1-3H3,(H,22,23)/t19-/m1/s1. The van der Waals surface area contributed by atoms with E-state index in [-0.39, 0.29) is 12.0 Å². The summed E-state index contributed by atoms with van der Waals surface area (Å²) in [5.74, 6) is 1.10. The summed E-state index contributed by atoms with van der Waals surface area (Å²) in [4.78, 5) is 17.3. The van der Waals surface area contributed by atoms with Crippen LogP contribution in [0.1, 0.15) is 25.5 Å². The van der Waals surface area contributed by atoms with Crippen molar-refractivity contribution < 1.29 is 14.3 Å². The fourth-order valence-electron chi connectivity index (χ4n) is 3.59. The number of fused-ring (bicyclic) bond motifs is 3. The maximum absolute atomic E-state index is 12.7. The van der Waals surface area contributed by atoms with E-state index in [4.69, 9.17) is 14.5 Å². The van der Waals surface area contributed by atoms with Gasteiger partial charge in [-0.25, -0.2) is 9.78 Å². The van der Waals surface area contributed by atoms with Crippen molar-refractivity contribution in [1.82, 2.24) is 9.55 Å². The molecule has 1 aromatic heterocycles. The van der Waals surface area contributed by atoms with Crippen LogP contribution in [-0.4, -0.2) is 29.2 Å². The zero-order valence-corrected chi connectivity index (χ0v) is 15.5. The van der Waals surface area contributed by atoms with E-state index in [0.29, 0.717) is 18.1 Å². The van der Waals surface area contributed by atoms with E-state index in [9.17, 15) is 4.79 Å². The Hall–Kier alpha value is -3.28. The molecule has 27 heavy (non-hydrogen) atoms. The van der Waals surface area contributed by atoms with E-state index < -0.39 is 0 Å². The van der Waals surface area contributed by atoms with Gasteiger partial charge in [0.1, 0.15) is 5.75 Å². The molecule has 0 saturated carbocycles. The van der Waals surface area contributed by atoms with Gasteiger partial charge in [-0.3, -0.25) is 4.57 Å². The summed E-state index contributed by atoms with van der Waals surface area (Å²) in [6, 6.07) is 15.3. The molecular formula is C21H21N3O3. The largest absolute Gasteiger partial charge is 0.494 e. The molecule has 0 spiro atoms. The van der Waals surface area contributed by atoms with Gasteiger partial charge in [0.2, 0.25) is 5.95 Å². The number of benzene rings is 2. The number of para-hydroxylation sites is 2. The van der Waals surface area contributed by atoms with Gasteiger partial charge in [-0.2, -0.15) is 0 Å². The van der Waals surface area contributed by atoms with Crippen molar-refractivity contribution in [2.75, 3.05) is 19.0 Å². The van der Waals surface area contributed by atoms with Crippen LogP contribution in [0.5, 0.6) is 5.75 Å². The van der Waals surface area contributed by atoms with Gasteiger partial charge in [-0.15, -0.1) is 0 Å². The number of anilines is 1. The lowest BCUT2D eigenvalue weighted by Crippen LogP contribution is -2.28. The first kappa shape index (κ1) is 17.1. The minimum absolute atomic E-state index is 0.360. The highest BCUT2D eigenvalue weighted by Gasteiger charge is 2.34. The number of hydrogen-bond donors (Lipinski definition) is 1. The molecule has 0 unspecified atom stereocenters. The molecule has 4 rings (SSSR count). The summed E-state index contributed by atoms with van der Waals surface area (Å²) in [6.45, 7) is 4.39.